The Morgan fingerprint density at radius 2 is 2.00 bits per heavy atom. The van der Waals surface area contributed by atoms with Gasteiger partial charge in [-0.2, -0.15) is 13.2 Å². The standard InChI is InChI=1S/C12H14F3N/c1-8(2)7-16-11-6-10(12(13,14)15)5-4-9(11)3/h4-6,16H,1,7H2,2-3H3. The summed E-state index contributed by atoms with van der Waals surface area (Å²) in [5.41, 5.74) is 1.52. The Labute approximate surface area is 93.0 Å². The average molecular weight is 229 g/mol. The zero-order valence-corrected chi connectivity index (χ0v) is 9.28. The van der Waals surface area contributed by atoms with Crippen LogP contribution in [0.4, 0.5) is 18.9 Å². The van der Waals surface area contributed by atoms with Crippen molar-refractivity contribution in [1.29, 1.82) is 0 Å². The van der Waals surface area contributed by atoms with Crippen LogP contribution in [0, 0.1) is 6.92 Å². The van der Waals surface area contributed by atoms with Gasteiger partial charge in [0.15, 0.2) is 0 Å². The molecule has 0 bridgehead atoms. The lowest BCUT2D eigenvalue weighted by molar-refractivity contribution is -0.137. The van der Waals surface area contributed by atoms with Crippen LogP contribution in [-0.4, -0.2) is 6.54 Å². The summed E-state index contributed by atoms with van der Waals surface area (Å²) in [6.45, 7) is 7.74. The van der Waals surface area contributed by atoms with E-state index < -0.39 is 11.7 Å². The van der Waals surface area contributed by atoms with Crippen molar-refractivity contribution in [3.63, 3.8) is 0 Å². The predicted octanol–water partition coefficient (Wildman–Crippen LogP) is 4.00. The first-order valence-corrected chi connectivity index (χ1v) is 4.87. The fraction of sp³-hybridized carbons (Fsp3) is 0.333. The molecule has 0 saturated heterocycles. The van der Waals surface area contributed by atoms with Crippen LogP contribution in [0.5, 0.6) is 0 Å². The van der Waals surface area contributed by atoms with Crippen LogP contribution in [0.3, 0.4) is 0 Å². The third-order valence-corrected chi connectivity index (χ3v) is 2.15. The summed E-state index contributed by atoms with van der Waals surface area (Å²) in [4.78, 5) is 0. The van der Waals surface area contributed by atoms with Crippen molar-refractivity contribution < 1.29 is 13.2 Å². The highest BCUT2D eigenvalue weighted by Crippen LogP contribution is 2.31. The Bertz CT molecular complexity index is 394. The first kappa shape index (κ1) is 12.6. The van der Waals surface area contributed by atoms with Crippen LogP contribution in [0.25, 0.3) is 0 Å². The Morgan fingerprint density at radius 1 is 1.38 bits per heavy atom. The van der Waals surface area contributed by atoms with E-state index in [1.807, 2.05) is 6.92 Å². The molecule has 0 radical (unpaired) electrons. The maximum absolute atomic E-state index is 12.5. The molecule has 0 spiro atoms. The molecule has 0 atom stereocenters. The van der Waals surface area contributed by atoms with Crippen molar-refractivity contribution in [2.45, 2.75) is 20.0 Å². The van der Waals surface area contributed by atoms with E-state index in [4.69, 9.17) is 0 Å². The zero-order valence-electron chi connectivity index (χ0n) is 9.28. The molecular formula is C12H14F3N. The number of nitrogens with one attached hydrogen (secondary N) is 1. The fourth-order valence-electron chi connectivity index (χ4n) is 1.23. The molecule has 88 valence electrons. The van der Waals surface area contributed by atoms with Crippen molar-refractivity contribution in [2.24, 2.45) is 0 Å². The first-order valence-electron chi connectivity index (χ1n) is 4.87. The van der Waals surface area contributed by atoms with Gasteiger partial charge in [0.25, 0.3) is 0 Å². The molecule has 0 heterocycles. The summed E-state index contributed by atoms with van der Waals surface area (Å²) in [5.74, 6) is 0. The minimum atomic E-state index is -4.30. The van der Waals surface area contributed by atoms with Gasteiger partial charge < -0.3 is 5.32 Å². The van der Waals surface area contributed by atoms with Gasteiger partial charge in [0.05, 0.1) is 5.56 Å². The second-order valence-electron chi connectivity index (χ2n) is 3.84. The number of hydrogen-bond acceptors (Lipinski definition) is 1. The zero-order chi connectivity index (χ0) is 12.3. The first-order chi connectivity index (χ1) is 7.30. The third kappa shape index (κ3) is 3.29. The van der Waals surface area contributed by atoms with E-state index in [1.165, 1.54) is 6.07 Å². The highest BCUT2D eigenvalue weighted by Gasteiger charge is 2.30. The molecule has 1 nitrogen and oxygen atoms in total. The molecule has 0 aromatic heterocycles. The van der Waals surface area contributed by atoms with Crippen molar-refractivity contribution in [2.75, 3.05) is 11.9 Å². The molecule has 0 aliphatic rings. The monoisotopic (exact) mass is 229 g/mol. The molecule has 1 aromatic carbocycles. The van der Waals surface area contributed by atoms with Crippen LogP contribution in [0.1, 0.15) is 18.1 Å². The number of benzene rings is 1. The largest absolute Gasteiger partial charge is 0.416 e. The number of halogens is 3. The van der Waals surface area contributed by atoms with E-state index in [0.29, 0.717) is 12.2 Å². The molecule has 0 saturated carbocycles. The topological polar surface area (TPSA) is 12.0 Å². The Balaban J connectivity index is 2.95. The van der Waals surface area contributed by atoms with E-state index >= 15 is 0 Å². The Hall–Kier alpha value is -1.45. The van der Waals surface area contributed by atoms with Gasteiger partial charge in [-0.25, -0.2) is 0 Å². The third-order valence-electron chi connectivity index (χ3n) is 2.15. The van der Waals surface area contributed by atoms with E-state index in [-0.39, 0.29) is 0 Å². The fourth-order valence-corrected chi connectivity index (χ4v) is 1.23. The Morgan fingerprint density at radius 3 is 2.50 bits per heavy atom. The molecule has 1 aromatic rings. The SMILES string of the molecule is C=C(C)CNc1cc(C(F)(F)F)ccc1C. The summed E-state index contributed by atoms with van der Waals surface area (Å²) in [6.07, 6.45) is -4.30. The van der Waals surface area contributed by atoms with Crippen molar-refractivity contribution >= 4 is 5.69 Å². The van der Waals surface area contributed by atoms with Gasteiger partial charge in [-0.1, -0.05) is 18.2 Å². The lowest BCUT2D eigenvalue weighted by Crippen LogP contribution is -2.08. The number of rotatable bonds is 3. The normalized spacial score (nSPS) is 11.3. The van der Waals surface area contributed by atoms with Crippen molar-refractivity contribution in [1.82, 2.24) is 0 Å². The van der Waals surface area contributed by atoms with Crippen molar-refractivity contribution in [3.05, 3.63) is 41.5 Å². The summed E-state index contributed by atoms with van der Waals surface area (Å²) < 4.78 is 37.4. The minimum absolute atomic E-state index is 0.474. The summed E-state index contributed by atoms with van der Waals surface area (Å²) >= 11 is 0. The molecular weight excluding hydrogens is 215 g/mol. The quantitative estimate of drug-likeness (QED) is 0.772. The lowest BCUT2D eigenvalue weighted by Gasteiger charge is -2.13. The van der Waals surface area contributed by atoms with Crippen LogP contribution < -0.4 is 5.32 Å². The molecule has 0 aliphatic heterocycles. The number of anilines is 1. The molecule has 0 amide bonds. The average Bonchev–Trinajstić information content (AvgIpc) is 2.14. The van der Waals surface area contributed by atoms with E-state index in [0.717, 1.165) is 23.3 Å². The maximum Gasteiger partial charge on any atom is 0.416 e. The number of alkyl halides is 3. The molecule has 0 aliphatic carbocycles. The molecule has 16 heavy (non-hydrogen) atoms. The van der Waals surface area contributed by atoms with Gasteiger partial charge >= 0.3 is 6.18 Å². The number of aryl methyl sites for hydroxylation is 1. The molecule has 4 heteroatoms. The summed E-state index contributed by atoms with van der Waals surface area (Å²) in [5, 5.41) is 2.93. The highest BCUT2D eigenvalue weighted by molar-refractivity contribution is 5.53. The van der Waals surface area contributed by atoms with Gasteiger partial charge in [-0.3, -0.25) is 0 Å². The smallest absolute Gasteiger partial charge is 0.381 e. The van der Waals surface area contributed by atoms with Crippen LogP contribution in [-0.2, 0) is 6.18 Å². The molecule has 1 rings (SSSR count). The van der Waals surface area contributed by atoms with Crippen molar-refractivity contribution in [3.8, 4) is 0 Å². The van der Waals surface area contributed by atoms with Gasteiger partial charge in [-0.05, 0) is 31.5 Å². The van der Waals surface area contributed by atoms with Crippen LogP contribution >= 0.6 is 0 Å². The van der Waals surface area contributed by atoms with Gasteiger partial charge in [0, 0.05) is 12.2 Å². The Kier molecular flexibility index (Phi) is 3.62. The van der Waals surface area contributed by atoms with E-state index in [2.05, 4.69) is 11.9 Å². The summed E-state index contributed by atoms with van der Waals surface area (Å²) in [7, 11) is 0. The maximum atomic E-state index is 12.5. The van der Waals surface area contributed by atoms with Gasteiger partial charge in [0.1, 0.15) is 0 Å². The summed E-state index contributed by atoms with van der Waals surface area (Å²) in [6, 6.07) is 3.67. The van der Waals surface area contributed by atoms with Crippen LogP contribution in [0.15, 0.2) is 30.4 Å². The highest BCUT2D eigenvalue weighted by atomic mass is 19.4. The molecule has 0 fully saturated rings. The van der Waals surface area contributed by atoms with E-state index in [9.17, 15) is 13.2 Å². The van der Waals surface area contributed by atoms with E-state index in [1.54, 1.807) is 6.92 Å². The second kappa shape index (κ2) is 4.60. The number of hydrogen-bond donors (Lipinski definition) is 1. The molecule has 1 N–H and O–H groups in total. The minimum Gasteiger partial charge on any atom is -0.381 e. The second-order valence-corrected chi connectivity index (χ2v) is 3.84. The predicted molar refractivity (Wildman–Crippen MR) is 59.5 cm³/mol. The van der Waals surface area contributed by atoms with Crippen LogP contribution in [0.2, 0.25) is 0 Å². The van der Waals surface area contributed by atoms with Gasteiger partial charge in [-0.15, -0.1) is 0 Å². The van der Waals surface area contributed by atoms with Gasteiger partial charge in [0.2, 0.25) is 0 Å². The lowest BCUT2D eigenvalue weighted by atomic mass is 10.1. The molecule has 0 unspecified atom stereocenters.